The summed E-state index contributed by atoms with van der Waals surface area (Å²) in [5.41, 5.74) is 3.65. The molecular weight excluding hydrogens is 336 g/mol. The first kappa shape index (κ1) is 17.0. The Kier molecular flexibility index (Phi) is 4.66. The smallest absolute Gasteiger partial charge is 0.251 e. The second-order valence-electron chi connectivity index (χ2n) is 6.43. The van der Waals surface area contributed by atoms with Gasteiger partial charge in [-0.25, -0.2) is 9.97 Å². The molecule has 0 saturated heterocycles. The number of carbonyl (C=O) groups excluding carboxylic acids is 1. The molecule has 0 fully saturated rings. The Balaban J connectivity index is 1.40. The molecule has 27 heavy (non-hydrogen) atoms. The van der Waals surface area contributed by atoms with Gasteiger partial charge in [-0.05, 0) is 29.7 Å². The summed E-state index contributed by atoms with van der Waals surface area (Å²) in [6.07, 6.45) is 4.33. The van der Waals surface area contributed by atoms with Gasteiger partial charge in [0.05, 0.1) is 5.69 Å². The van der Waals surface area contributed by atoms with Crippen LogP contribution < -0.4 is 5.32 Å². The highest BCUT2D eigenvalue weighted by molar-refractivity contribution is 5.98. The number of aryl methyl sites for hydroxylation is 1. The van der Waals surface area contributed by atoms with Crippen molar-refractivity contribution in [1.29, 1.82) is 0 Å². The number of fused-ring (bicyclic) bond motifs is 1. The van der Waals surface area contributed by atoms with Crippen molar-refractivity contribution in [3.8, 4) is 11.3 Å². The Morgan fingerprint density at radius 2 is 1.93 bits per heavy atom. The lowest BCUT2D eigenvalue weighted by Gasteiger charge is -2.07. The maximum Gasteiger partial charge on any atom is 0.251 e. The summed E-state index contributed by atoms with van der Waals surface area (Å²) in [7, 11) is 1.97. The number of rotatable bonds is 5. The first-order valence-corrected chi connectivity index (χ1v) is 8.91. The third-order valence-electron chi connectivity index (χ3n) is 4.56. The number of carbonyl (C=O) groups is 1. The molecule has 0 aliphatic rings. The van der Waals surface area contributed by atoms with Crippen molar-refractivity contribution < 1.29 is 4.79 Å². The normalized spacial score (nSPS) is 10.9. The van der Waals surface area contributed by atoms with Crippen LogP contribution in [-0.2, 0) is 13.5 Å². The topological polar surface area (TPSA) is 59.8 Å². The number of benzene rings is 2. The van der Waals surface area contributed by atoms with Gasteiger partial charge in [-0.2, -0.15) is 0 Å². The molecule has 5 heteroatoms. The van der Waals surface area contributed by atoms with Crippen LogP contribution in [0.15, 0.2) is 73.1 Å². The minimum Gasteiger partial charge on any atom is -0.352 e. The summed E-state index contributed by atoms with van der Waals surface area (Å²) in [5, 5.41) is 4.08. The molecule has 2 heterocycles. The summed E-state index contributed by atoms with van der Waals surface area (Å²) < 4.78 is 2.01. The zero-order valence-corrected chi connectivity index (χ0v) is 15.1. The van der Waals surface area contributed by atoms with E-state index in [0.717, 1.165) is 28.0 Å². The number of hydrogen-bond acceptors (Lipinski definition) is 3. The zero-order chi connectivity index (χ0) is 18.6. The predicted molar refractivity (Wildman–Crippen MR) is 106 cm³/mol. The summed E-state index contributed by atoms with van der Waals surface area (Å²) in [4.78, 5) is 21.3. The van der Waals surface area contributed by atoms with Gasteiger partial charge in [-0.1, -0.05) is 36.4 Å². The number of nitrogens with one attached hydrogen (secondary N) is 1. The second kappa shape index (κ2) is 7.41. The van der Waals surface area contributed by atoms with E-state index in [-0.39, 0.29) is 5.91 Å². The maximum atomic E-state index is 12.4. The van der Waals surface area contributed by atoms with Crippen LogP contribution >= 0.6 is 0 Å². The van der Waals surface area contributed by atoms with Crippen molar-refractivity contribution in [2.45, 2.75) is 6.42 Å². The highest BCUT2D eigenvalue weighted by Gasteiger charge is 2.08. The Bertz CT molecular complexity index is 1090. The summed E-state index contributed by atoms with van der Waals surface area (Å²) in [6, 6.07) is 19.7. The molecule has 0 atom stereocenters. The molecule has 1 N–H and O–H groups in total. The van der Waals surface area contributed by atoms with Crippen molar-refractivity contribution >= 4 is 16.8 Å². The Labute approximate surface area is 157 Å². The fraction of sp³-hybridized carbons (Fsp3) is 0.136. The lowest BCUT2D eigenvalue weighted by molar-refractivity contribution is 0.0954. The van der Waals surface area contributed by atoms with E-state index in [0.29, 0.717) is 18.5 Å². The lowest BCUT2D eigenvalue weighted by Crippen LogP contribution is -2.26. The van der Waals surface area contributed by atoms with E-state index in [1.165, 1.54) is 0 Å². The molecule has 0 unspecified atom stereocenters. The largest absolute Gasteiger partial charge is 0.352 e. The van der Waals surface area contributed by atoms with Gasteiger partial charge in [0.15, 0.2) is 0 Å². The van der Waals surface area contributed by atoms with Crippen LogP contribution in [0.1, 0.15) is 16.2 Å². The second-order valence-corrected chi connectivity index (χ2v) is 6.43. The highest BCUT2D eigenvalue weighted by atomic mass is 16.1. The fourth-order valence-electron chi connectivity index (χ4n) is 3.08. The lowest BCUT2D eigenvalue weighted by atomic mass is 10.1. The molecule has 4 rings (SSSR count). The average Bonchev–Trinajstić information content (AvgIpc) is 3.09. The molecule has 134 valence electrons. The van der Waals surface area contributed by atoms with Gasteiger partial charge >= 0.3 is 0 Å². The average molecular weight is 356 g/mol. The molecule has 5 nitrogen and oxygen atoms in total. The van der Waals surface area contributed by atoms with E-state index in [9.17, 15) is 4.79 Å². The Hall–Kier alpha value is -3.47. The van der Waals surface area contributed by atoms with Crippen LogP contribution in [0.5, 0.6) is 0 Å². The van der Waals surface area contributed by atoms with Crippen molar-refractivity contribution in [3.05, 3.63) is 84.4 Å². The van der Waals surface area contributed by atoms with Gasteiger partial charge in [-0.15, -0.1) is 0 Å². The molecule has 0 bridgehead atoms. The van der Waals surface area contributed by atoms with Gasteiger partial charge in [0.2, 0.25) is 0 Å². The minimum atomic E-state index is -0.0858. The maximum absolute atomic E-state index is 12.4. The first-order valence-electron chi connectivity index (χ1n) is 8.91. The van der Waals surface area contributed by atoms with Crippen molar-refractivity contribution in [3.63, 3.8) is 0 Å². The predicted octanol–water partition coefficient (Wildman–Crippen LogP) is 3.61. The van der Waals surface area contributed by atoms with Crippen LogP contribution in [0.25, 0.3) is 22.2 Å². The van der Waals surface area contributed by atoms with Crippen molar-refractivity contribution in [2.24, 2.45) is 7.05 Å². The molecule has 2 aromatic heterocycles. The molecule has 1 amide bonds. The van der Waals surface area contributed by atoms with Crippen molar-refractivity contribution in [2.75, 3.05) is 6.54 Å². The first-order chi connectivity index (χ1) is 13.2. The molecule has 0 radical (unpaired) electrons. The fourth-order valence-corrected chi connectivity index (χ4v) is 3.08. The van der Waals surface area contributed by atoms with E-state index in [1.807, 2.05) is 78.5 Å². The number of aromatic nitrogens is 3. The third-order valence-corrected chi connectivity index (χ3v) is 4.56. The van der Waals surface area contributed by atoms with Crippen LogP contribution in [0.2, 0.25) is 0 Å². The van der Waals surface area contributed by atoms with Gasteiger partial charge < -0.3 is 9.88 Å². The standard InChI is InChI=1S/C22H20N4O/c1-26-14-11-17-7-8-18(15-20(17)26)22(27)24-13-10-21-23-12-9-19(25-21)16-5-3-2-4-6-16/h2-9,11-12,14-15H,10,13H2,1H3,(H,24,27). The molecule has 4 aromatic rings. The van der Waals surface area contributed by atoms with Crippen molar-refractivity contribution in [1.82, 2.24) is 19.9 Å². The van der Waals surface area contributed by atoms with Gasteiger partial charge in [0.1, 0.15) is 5.82 Å². The van der Waals surface area contributed by atoms with E-state index in [1.54, 1.807) is 6.20 Å². The summed E-state index contributed by atoms with van der Waals surface area (Å²) in [6.45, 7) is 0.488. The van der Waals surface area contributed by atoms with Crippen LogP contribution in [0.4, 0.5) is 0 Å². The zero-order valence-electron chi connectivity index (χ0n) is 15.1. The van der Waals surface area contributed by atoms with Gasteiger partial charge in [0.25, 0.3) is 5.91 Å². The SMILES string of the molecule is Cn1ccc2ccc(C(=O)NCCc3nccc(-c4ccccc4)n3)cc21. The molecule has 0 saturated carbocycles. The highest BCUT2D eigenvalue weighted by Crippen LogP contribution is 2.17. The minimum absolute atomic E-state index is 0.0858. The van der Waals surface area contributed by atoms with Crippen LogP contribution in [0, 0.1) is 0 Å². The molecule has 0 aliphatic heterocycles. The third kappa shape index (κ3) is 3.72. The molecular formula is C22H20N4O. The van der Waals surface area contributed by atoms with Gasteiger partial charge in [-0.3, -0.25) is 4.79 Å². The summed E-state index contributed by atoms with van der Waals surface area (Å²) >= 11 is 0. The van der Waals surface area contributed by atoms with Gasteiger partial charge in [0, 0.05) is 49.1 Å². The van der Waals surface area contributed by atoms with E-state index in [4.69, 9.17) is 0 Å². The summed E-state index contributed by atoms with van der Waals surface area (Å²) in [5.74, 6) is 0.631. The molecule has 0 aliphatic carbocycles. The number of amides is 1. The Morgan fingerprint density at radius 3 is 2.78 bits per heavy atom. The van der Waals surface area contributed by atoms with Crippen LogP contribution in [-0.4, -0.2) is 27.0 Å². The van der Waals surface area contributed by atoms with E-state index in [2.05, 4.69) is 15.3 Å². The van der Waals surface area contributed by atoms with E-state index >= 15 is 0 Å². The number of hydrogen-bond donors (Lipinski definition) is 1. The monoisotopic (exact) mass is 356 g/mol. The Morgan fingerprint density at radius 1 is 1.07 bits per heavy atom. The van der Waals surface area contributed by atoms with Crippen LogP contribution in [0.3, 0.4) is 0 Å². The molecule has 0 spiro atoms. The number of nitrogens with zero attached hydrogens (tertiary/aromatic N) is 3. The quantitative estimate of drug-likeness (QED) is 0.594. The molecule has 2 aromatic carbocycles. The van der Waals surface area contributed by atoms with E-state index < -0.39 is 0 Å².